The highest BCUT2D eigenvalue weighted by atomic mass is 127. The summed E-state index contributed by atoms with van der Waals surface area (Å²) >= 11 is 9.87. The number of aromatic hydroxyl groups is 1. The fourth-order valence-electron chi connectivity index (χ4n) is 1.62. The van der Waals surface area contributed by atoms with Crippen molar-refractivity contribution in [1.29, 1.82) is 0 Å². The number of methoxy groups -OCH3 is 1. The Morgan fingerprint density at radius 2 is 1.61 bits per heavy atom. The van der Waals surface area contributed by atoms with Crippen LogP contribution in [0.25, 0.3) is 0 Å². The zero-order valence-corrected chi connectivity index (χ0v) is 17.3. The maximum absolute atomic E-state index is 10.5. The van der Waals surface area contributed by atoms with E-state index in [9.17, 15) is 14.7 Å². The van der Waals surface area contributed by atoms with E-state index in [0.717, 1.165) is 19.0 Å². The Hall–Kier alpha value is -0.870. The van der Waals surface area contributed by atoms with Crippen LogP contribution in [0.4, 0.5) is 0 Å². The molecule has 0 aliphatic heterocycles. The van der Waals surface area contributed by atoms with Crippen LogP contribution >= 0.6 is 56.8 Å². The van der Waals surface area contributed by atoms with Crippen molar-refractivity contribution < 1.29 is 19.4 Å². The number of benzene rings is 2. The lowest BCUT2D eigenvalue weighted by Crippen LogP contribution is -1.93. The van der Waals surface area contributed by atoms with Crippen LogP contribution in [-0.4, -0.2) is 24.8 Å². The molecule has 0 heterocycles. The van der Waals surface area contributed by atoms with Crippen LogP contribution in [0.2, 0.25) is 5.02 Å². The number of hydrogen-bond donors (Lipinski definition) is 1. The predicted molar refractivity (Wildman–Crippen MR) is 107 cm³/mol. The van der Waals surface area contributed by atoms with Crippen molar-refractivity contribution in [2.24, 2.45) is 0 Å². The molecule has 2 aromatic carbocycles. The maximum Gasteiger partial charge on any atom is 0.153 e. The highest BCUT2D eigenvalue weighted by Gasteiger charge is 2.09. The molecule has 0 aliphatic carbocycles. The van der Waals surface area contributed by atoms with Crippen LogP contribution in [0.5, 0.6) is 11.5 Å². The number of halogens is 3. The van der Waals surface area contributed by atoms with Gasteiger partial charge in [0.15, 0.2) is 12.6 Å². The van der Waals surface area contributed by atoms with Gasteiger partial charge in [-0.15, -0.1) is 0 Å². The molecular formula is C16H13ClI2O4. The van der Waals surface area contributed by atoms with Gasteiger partial charge in [-0.25, -0.2) is 0 Å². The molecule has 4 nitrogen and oxygen atoms in total. The summed E-state index contributed by atoms with van der Waals surface area (Å²) in [7, 11) is 1.51. The number of hydrogen-bond acceptors (Lipinski definition) is 4. The first kappa shape index (κ1) is 20.2. The molecule has 0 unspecified atom stereocenters. The molecule has 0 bridgehead atoms. The third-order valence-electron chi connectivity index (χ3n) is 2.88. The smallest absolute Gasteiger partial charge is 0.153 e. The molecule has 23 heavy (non-hydrogen) atoms. The number of ether oxygens (including phenoxy) is 1. The summed E-state index contributed by atoms with van der Waals surface area (Å²) in [6.07, 6.45) is 1.40. The zero-order chi connectivity index (χ0) is 17.6. The summed E-state index contributed by atoms with van der Waals surface area (Å²) in [5, 5.41) is 9.94. The second kappa shape index (κ2) is 9.43. The van der Waals surface area contributed by atoms with E-state index < -0.39 is 0 Å². The summed E-state index contributed by atoms with van der Waals surface area (Å²) < 4.78 is 6.53. The fourth-order valence-corrected chi connectivity index (χ4v) is 2.97. The topological polar surface area (TPSA) is 63.6 Å². The van der Waals surface area contributed by atoms with Gasteiger partial charge in [-0.2, -0.15) is 0 Å². The van der Waals surface area contributed by atoms with Crippen LogP contribution in [0.1, 0.15) is 26.3 Å². The number of aldehydes is 2. The van der Waals surface area contributed by atoms with E-state index in [2.05, 4.69) is 0 Å². The molecule has 0 spiro atoms. The van der Waals surface area contributed by atoms with Gasteiger partial charge in [0.2, 0.25) is 0 Å². The second-order valence-corrected chi connectivity index (χ2v) is 6.92. The molecule has 0 amide bonds. The minimum Gasteiger partial charge on any atom is -0.506 e. The normalized spacial score (nSPS) is 9.61. The van der Waals surface area contributed by atoms with Crippen LogP contribution in [0.3, 0.4) is 0 Å². The largest absolute Gasteiger partial charge is 0.506 e. The van der Waals surface area contributed by atoms with Crippen molar-refractivity contribution in [3.8, 4) is 11.5 Å². The Kier molecular flexibility index (Phi) is 8.27. The molecule has 0 radical (unpaired) electrons. The lowest BCUT2D eigenvalue weighted by molar-refractivity contribution is 0.111. The van der Waals surface area contributed by atoms with E-state index in [-0.39, 0.29) is 5.75 Å². The monoisotopic (exact) mass is 558 g/mol. The van der Waals surface area contributed by atoms with Crippen molar-refractivity contribution in [2.45, 2.75) is 6.92 Å². The van der Waals surface area contributed by atoms with Gasteiger partial charge in [0.05, 0.1) is 30.4 Å². The number of phenolic OH excluding ortho intramolecular Hbond substituents is 1. The molecule has 0 aliphatic rings. The minimum absolute atomic E-state index is 0.0839. The summed E-state index contributed by atoms with van der Waals surface area (Å²) in [5.74, 6) is 0.624. The molecule has 0 fully saturated rings. The highest BCUT2D eigenvalue weighted by Crippen LogP contribution is 2.30. The van der Waals surface area contributed by atoms with Gasteiger partial charge in [0.1, 0.15) is 11.5 Å². The predicted octanol–water partition coefficient (Wildman–Crippen LogP) is 4.88. The molecule has 1 N–H and O–H groups in total. The van der Waals surface area contributed by atoms with Gasteiger partial charge in [0.25, 0.3) is 0 Å². The second-order valence-electron chi connectivity index (χ2n) is 4.35. The van der Waals surface area contributed by atoms with Crippen LogP contribution in [0, 0.1) is 14.1 Å². The number of phenols is 1. The average Bonchev–Trinajstić information content (AvgIpc) is 2.56. The molecule has 0 saturated carbocycles. The summed E-state index contributed by atoms with van der Waals surface area (Å²) in [4.78, 5) is 20.9. The lowest BCUT2D eigenvalue weighted by Gasteiger charge is -2.06. The molecule has 0 atom stereocenters. The molecular weight excluding hydrogens is 545 g/mol. The third-order valence-corrected chi connectivity index (χ3v) is 5.95. The van der Waals surface area contributed by atoms with E-state index in [0.29, 0.717) is 28.2 Å². The van der Waals surface area contributed by atoms with Gasteiger partial charge >= 0.3 is 0 Å². The van der Waals surface area contributed by atoms with Crippen molar-refractivity contribution >= 4 is 69.4 Å². The zero-order valence-electron chi connectivity index (χ0n) is 12.3. The fraction of sp³-hybridized carbons (Fsp3) is 0.125. The maximum atomic E-state index is 10.5. The number of carbonyl (C=O) groups is 2. The lowest BCUT2D eigenvalue weighted by atomic mass is 10.1. The number of carbonyl (C=O) groups excluding carboxylic acids is 2. The Morgan fingerprint density at radius 3 is 2.13 bits per heavy atom. The minimum atomic E-state index is 0.0839. The van der Waals surface area contributed by atoms with E-state index in [4.69, 9.17) is 16.3 Å². The Bertz CT molecular complexity index is 733. The standard InChI is InChI=1S/C8H6ClIO2.C8H7IO2/c1-12-8-5(4-11)2-3-6(9)7(8)10;1-5-2-3-6(4-10)8(11)7(5)9/h2-4H,1H3;2-4,11H,1H3. The first-order valence-corrected chi connectivity index (χ1v) is 8.81. The summed E-state index contributed by atoms with van der Waals surface area (Å²) in [6, 6.07) is 6.73. The molecule has 7 heteroatoms. The van der Waals surface area contributed by atoms with Crippen molar-refractivity contribution in [2.75, 3.05) is 7.11 Å². The van der Waals surface area contributed by atoms with Crippen LogP contribution < -0.4 is 4.74 Å². The molecule has 122 valence electrons. The average molecular weight is 559 g/mol. The van der Waals surface area contributed by atoms with E-state index >= 15 is 0 Å². The first-order valence-electron chi connectivity index (χ1n) is 6.27. The molecule has 0 saturated heterocycles. The van der Waals surface area contributed by atoms with Gasteiger partial charge in [-0.3, -0.25) is 9.59 Å². The Balaban J connectivity index is 0.000000231. The summed E-state index contributed by atoms with van der Waals surface area (Å²) in [5.41, 5.74) is 1.85. The summed E-state index contributed by atoms with van der Waals surface area (Å²) in [6.45, 7) is 1.88. The Morgan fingerprint density at radius 1 is 1.04 bits per heavy atom. The van der Waals surface area contributed by atoms with Crippen molar-refractivity contribution in [3.05, 3.63) is 53.1 Å². The van der Waals surface area contributed by atoms with Gasteiger partial charge in [0, 0.05) is 0 Å². The molecule has 2 aromatic rings. The first-order chi connectivity index (χ1) is 10.9. The van der Waals surface area contributed by atoms with Gasteiger partial charge in [-0.1, -0.05) is 17.7 Å². The third kappa shape index (κ3) is 5.05. The Labute approximate surface area is 166 Å². The quantitative estimate of drug-likeness (QED) is 0.431. The van der Waals surface area contributed by atoms with E-state index in [1.807, 2.05) is 58.2 Å². The van der Waals surface area contributed by atoms with Gasteiger partial charge in [-0.05, 0) is 75.9 Å². The van der Waals surface area contributed by atoms with E-state index in [1.165, 1.54) is 7.11 Å². The number of rotatable bonds is 3. The molecule has 0 aromatic heterocycles. The van der Waals surface area contributed by atoms with Crippen LogP contribution in [0.15, 0.2) is 24.3 Å². The van der Waals surface area contributed by atoms with Gasteiger partial charge < -0.3 is 9.84 Å². The number of aryl methyl sites for hydroxylation is 1. The van der Waals surface area contributed by atoms with Crippen molar-refractivity contribution in [1.82, 2.24) is 0 Å². The molecule has 2 rings (SSSR count). The van der Waals surface area contributed by atoms with E-state index in [1.54, 1.807) is 18.2 Å². The highest BCUT2D eigenvalue weighted by molar-refractivity contribution is 14.1. The van der Waals surface area contributed by atoms with Crippen molar-refractivity contribution in [3.63, 3.8) is 0 Å². The van der Waals surface area contributed by atoms with Crippen LogP contribution in [-0.2, 0) is 0 Å². The SMILES string of the molecule is COc1c(C=O)ccc(Cl)c1I.Cc1ccc(C=O)c(O)c1I.